The average molecular weight is 221 g/mol. The van der Waals surface area contributed by atoms with Crippen molar-refractivity contribution >= 4 is 6.09 Å². The standard InChI is InChI=1S/C11H15N3O2/c12-11(9-5-1-3-7-13-9)6-2-4-8-14(11)10(15)16/h1,3,5,7H,2,4,6,8,12H2,(H,15,16). The number of rotatable bonds is 1. The summed E-state index contributed by atoms with van der Waals surface area (Å²) in [5, 5.41) is 9.15. The lowest BCUT2D eigenvalue weighted by atomic mass is 9.92. The number of aromatic nitrogens is 1. The molecule has 1 aromatic rings. The minimum Gasteiger partial charge on any atom is -0.465 e. The minimum absolute atomic E-state index is 0.475. The first kappa shape index (κ1) is 10.9. The Morgan fingerprint density at radius 1 is 1.50 bits per heavy atom. The molecule has 0 spiro atoms. The van der Waals surface area contributed by atoms with Gasteiger partial charge in [0, 0.05) is 12.7 Å². The summed E-state index contributed by atoms with van der Waals surface area (Å²) in [5.74, 6) is 0. The van der Waals surface area contributed by atoms with E-state index in [1.807, 2.05) is 6.07 Å². The molecule has 16 heavy (non-hydrogen) atoms. The number of likely N-dealkylation sites (tertiary alicyclic amines) is 1. The molecule has 1 saturated heterocycles. The molecule has 2 rings (SSSR count). The van der Waals surface area contributed by atoms with E-state index < -0.39 is 11.8 Å². The fraction of sp³-hybridized carbons (Fsp3) is 0.455. The van der Waals surface area contributed by atoms with Crippen LogP contribution in [0.4, 0.5) is 4.79 Å². The van der Waals surface area contributed by atoms with Gasteiger partial charge >= 0.3 is 6.09 Å². The van der Waals surface area contributed by atoms with E-state index in [0.717, 1.165) is 12.8 Å². The molecule has 86 valence electrons. The summed E-state index contributed by atoms with van der Waals surface area (Å²) >= 11 is 0. The number of carbonyl (C=O) groups is 1. The van der Waals surface area contributed by atoms with Gasteiger partial charge < -0.3 is 10.8 Å². The van der Waals surface area contributed by atoms with E-state index >= 15 is 0 Å². The van der Waals surface area contributed by atoms with Crippen molar-refractivity contribution in [3.8, 4) is 0 Å². The van der Waals surface area contributed by atoms with Crippen molar-refractivity contribution in [3.05, 3.63) is 30.1 Å². The molecule has 0 radical (unpaired) electrons. The average Bonchev–Trinajstić information content (AvgIpc) is 2.30. The molecule has 0 aliphatic carbocycles. The Labute approximate surface area is 93.9 Å². The largest absolute Gasteiger partial charge is 0.465 e. The highest BCUT2D eigenvalue weighted by atomic mass is 16.4. The molecule has 1 unspecified atom stereocenters. The zero-order valence-electron chi connectivity index (χ0n) is 8.97. The van der Waals surface area contributed by atoms with Crippen molar-refractivity contribution in [1.82, 2.24) is 9.88 Å². The van der Waals surface area contributed by atoms with Gasteiger partial charge in [0.05, 0.1) is 5.69 Å². The molecule has 5 nitrogen and oxygen atoms in total. The van der Waals surface area contributed by atoms with Crippen molar-refractivity contribution in [2.75, 3.05) is 6.54 Å². The molecule has 2 heterocycles. The predicted molar refractivity (Wildman–Crippen MR) is 58.7 cm³/mol. The second-order valence-electron chi connectivity index (χ2n) is 4.03. The summed E-state index contributed by atoms with van der Waals surface area (Å²) in [6, 6.07) is 5.40. The molecule has 1 aliphatic rings. The Morgan fingerprint density at radius 3 is 2.94 bits per heavy atom. The van der Waals surface area contributed by atoms with Crippen LogP contribution in [-0.2, 0) is 5.66 Å². The van der Waals surface area contributed by atoms with Crippen LogP contribution in [0.25, 0.3) is 0 Å². The number of pyridine rings is 1. The first-order valence-electron chi connectivity index (χ1n) is 5.35. The van der Waals surface area contributed by atoms with Gasteiger partial charge in [-0.15, -0.1) is 0 Å². The van der Waals surface area contributed by atoms with Crippen LogP contribution < -0.4 is 5.73 Å². The van der Waals surface area contributed by atoms with Crippen LogP contribution in [-0.4, -0.2) is 27.6 Å². The molecular weight excluding hydrogens is 206 g/mol. The third kappa shape index (κ3) is 1.74. The van der Waals surface area contributed by atoms with Crippen molar-refractivity contribution in [2.45, 2.75) is 24.9 Å². The maximum atomic E-state index is 11.2. The molecule has 0 aromatic carbocycles. The van der Waals surface area contributed by atoms with Crippen LogP contribution in [0, 0.1) is 0 Å². The molecule has 1 aliphatic heterocycles. The van der Waals surface area contributed by atoms with Crippen LogP contribution in [0.5, 0.6) is 0 Å². The predicted octanol–water partition coefficient (Wildman–Crippen LogP) is 1.36. The quantitative estimate of drug-likeness (QED) is 0.750. The number of hydrogen-bond donors (Lipinski definition) is 2. The Balaban J connectivity index is 2.37. The lowest BCUT2D eigenvalue weighted by molar-refractivity contribution is 0.0457. The fourth-order valence-electron chi connectivity index (χ4n) is 2.15. The maximum absolute atomic E-state index is 11.2. The number of nitrogens with two attached hydrogens (primary N) is 1. The van der Waals surface area contributed by atoms with E-state index in [9.17, 15) is 4.79 Å². The highest BCUT2D eigenvalue weighted by Gasteiger charge is 2.40. The summed E-state index contributed by atoms with van der Waals surface area (Å²) in [6.07, 6.45) is 3.07. The topological polar surface area (TPSA) is 79.5 Å². The van der Waals surface area contributed by atoms with Crippen LogP contribution >= 0.6 is 0 Å². The van der Waals surface area contributed by atoms with Crippen molar-refractivity contribution < 1.29 is 9.90 Å². The molecular formula is C11H15N3O2. The van der Waals surface area contributed by atoms with E-state index in [2.05, 4.69) is 4.98 Å². The van der Waals surface area contributed by atoms with E-state index in [-0.39, 0.29) is 0 Å². The van der Waals surface area contributed by atoms with Gasteiger partial charge in [-0.3, -0.25) is 9.88 Å². The second-order valence-corrected chi connectivity index (χ2v) is 4.03. The summed E-state index contributed by atoms with van der Waals surface area (Å²) in [4.78, 5) is 16.6. The summed E-state index contributed by atoms with van der Waals surface area (Å²) < 4.78 is 0. The molecule has 5 heteroatoms. The van der Waals surface area contributed by atoms with Gasteiger partial charge in [0.25, 0.3) is 0 Å². The smallest absolute Gasteiger partial charge is 0.409 e. The first-order chi connectivity index (χ1) is 7.64. The third-order valence-electron chi connectivity index (χ3n) is 3.01. The third-order valence-corrected chi connectivity index (χ3v) is 3.01. The van der Waals surface area contributed by atoms with Crippen LogP contribution in [0.1, 0.15) is 25.0 Å². The Morgan fingerprint density at radius 2 is 2.31 bits per heavy atom. The van der Waals surface area contributed by atoms with E-state index in [1.165, 1.54) is 4.90 Å². The minimum atomic E-state index is -0.979. The maximum Gasteiger partial charge on any atom is 0.409 e. The lowest BCUT2D eigenvalue weighted by Crippen LogP contribution is -2.58. The molecule has 1 fully saturated rings. The van der Waals surface area contributed by atoms with Gasteiger partial charge in [-0.25, -0.2) is 4.79 Å². The zero-order valence-corrected chi connectivity index (χ0v) is 8.97. The van der Waals surface area contributed by atoms with Crippen LogP contribution in [0.15, 0.2) is 24.4 Å². The van der Waals surface area contributed by atoms with Gasteiger partial charge in [-0.05, 0) is 31.4 Å². The summed E-state index contributed by atoms with van der Waals surface area (Å²) in [5.41, 5.74) is 5.86. The van der Waals surface area contributed by atoms with E-state index in [1.54, 1.807) is 18.3 Å². The normalized spacial score (nSPS) is 25.4. The molecule has 1 aromatic heterocycles. The molecule has 0 bridgehead atoms. The van der Waals surface area contributed by atoms with Crippen LogP contribution in [0.3, 0.4) is 0 Å². The highest BCUT2D eigenvalue weighted by Crippen LogP contribution is 2.31. The molecule has 1 amide bonds. The van der Waals surface area contributed by atoms with Gasteiger partial charge in [0.1, 0.15) is 5.66 Å². The Kier molecular flexibility index (Phi) is 2.78. The lowest BCUT2D eigenvalue weighted by Gasteiger charge is -2.42. The molecule has 0 saturated carbocycles. The van der Waals surface area contributed by atoms with E-state index in [0.29, 0.717) is 18.7 Å². The van der Waals surface area contributed by atoms with E-state index in [4.69, 9.17) is 10.8 Å². The number of piperidine rings is 1. The van der Waals surface area contributed by atoms with Crippen molar-refractivity contribution in [2.24, 2.45) is 5.73 Å². The monoisotopic (exact) mass is 221 g/mol. The number of hydrogen-bond acceptors (Lipinski definition) is 3. The summed E-state index contributed by atoms with van der Waals surface area (Å²) in [6.45, 7) is 0.475. The highest BCUT2D eigenvalue weighted by molar-refractivity contribution is 5.66. The Hall–Kier alpha value is -1.62. The number of nitrogens with zero attached hydrogens (tertiary/aromatic N) is 2. The Bertz CT molecular complexity index is 382. The number of amides is 1. The van der Waals surface area contributed by atoms with Crippen molar-refractivity contribution in [1.29, 1.82) is 0 Å². The second kappa shape index (κ2) is 4.09. The zero-order chi connectivity index (χ0) is 11.6. The first-order valence-corrected chi connectivity index (χ1v) is 5.35. The van der Waals surface area contributed by atoms with Gasteiger partial charge in [-0.1, -0.05) is 6.07 Å². The SMILES string of the molecule is NC1(c2ccccn2)CCCCN1C(=O)O. The fourth-order valence-corrected chi connectivity index (χ4v) is 2.15. The molecule has 3 N–H and O–H groups in total. The molecule has 1 atom stereocenters. The van der Waals surface area contributed by atoms with Gasteiger partial charge in [0.15, 0.2) is 0 Å². The van der Waals surface area contributed by atoms with Crippen molar-refractivity contribution in [3.63, 3.8) is 0 Å². The van der Waals surface area contributed by atoms with Crippen LogP contribution in [0.2, 0.25) is 0 Å². The summed E-state index contributed by atoms with van der Waals surface area (Å²) in [7, 11) is 0. The van der Waals surface area contributed by atoms with Gasteiger partial charge in [0.2, 0.25) is 0 Å². The number of carboxylic acid groups (broad SMARTS) is 1. The van der Waals surface area contributed by atoms with Gasteiger partial charge in [-0.2, -0.15) is 0 Å².